The molecule has 0 spiro atoms. The molecule has 124 valence electrons. The molecular formula is C15H28O6. The van der Waals surface area contributed by atoms with Gasteiger partial charge in [0.25, 0.3) is 0 Å². The zero-order chi connectivity index (χ0) is 14.8. The third kappa shape index (κ3) is 6.59. The quantitative estimate of drug-likeness (QED) is 0.766. The van der Waals surface area contributed by atoms with Crippen LogP contribution < -0.4 is 0 Å². The van der Waals surface area contributed by atoms with Crippen molar-refractivity contribution in [3.8, 4) is 0 Å². The molecule has 6 nitrogen and oxygen atoms in total. The van der Waals surface area contributed by atoms with Crippen molar-refractivity contribution in [2.75, 3.05) is 59.5 Å². The van der Waals surface area contributed by atoms with Gasteiger partial charge in [-0.15, -0.1) is 0 Å². The number of ether oxygens (including phenoxy) is 5. The number of aliphatic hydroxyl groups is 1. The van der Waals surface area contributed by atoms with Crippen LogP contribution in [0.5, 0.6) is 0 Å². The maximum atomic E-state index is 9.33. The smallest absolute Gasteiger partial charge is 0.0841 e. The van der Waals surface area contributed by atoms with E-state index < -0.39 is 0 Å². The monoisotopic (exact) mass is 304 g/mol. The molecule has 2 rings (SSSR count). The molecule has 21 heavy (non-hydrogen) atoms. The Kier molecular flexibility index (Phi) is 8.54. The number of rotatable bonds is 1. The third-order valence-electron chi connectivity index (χ3n) is 3.96. The molecule has 0 bridgehead atoms. The third-order valence-corrected chi connectivity index (χ3v) is 3.96. The zero-order valence-electron chi connectivity index (χ0n) is 12.7. The van der Waals surface area contributed by atoms with Crippen molar-refractivity contribution < 1.29 is 28.8 Å². The van der Waals surface area contributed by atoms with E-state index in [1.54, 1.807) is 0 Å². The molecule has 1 N–H and O–H groups in total. The Morgan fingerprint density at radius 3 is 1.76 bits per heavy atom. The minimum atomic E-state index is 0.0425. The molecule has 0 aromatic heterocycles. The second-order valence-electron chi connectivity index (χ2n) is 5.52. The van der Waals surface area contributed by atoms with E-state index in [0.717, 1.165) is 19.3 Å². The number of hydrogen-bond acceptors (Lipinski definition) is 6. The molecule has 2 fully saturated rings. The molecule has 1 saturated carbocycles. The fourth-order valence-corrected chi connectivity index (χ4v) is 2.77. The molecule has 1 saturated heterocycles. The van der Waals surface area contributed by atoms with E-state index in [-0.39, 0.29) is 18.8 Å². The average Bonchev–Trinajstić information content (AvgIpc) is 2.52. The predicted molar refractivity (Wildman–Crippen MR) is 76.4 cm³/mol. The van der Waals surface area contributed by atoms with Crippen molar-refractivity contribution in [3.63, 3.8) is 0 Å². The van der Waals surface area contributed by atoms with Gasteiger partial charge in [0.15, 0.2) is 0 Å². The second kappa shape index (κ2) is 10.5. The Morgan fingerprint density at radius 2 is 1.19 bits per heavy atom. The summed E-state index contributed by atoms with van der Waals surface area (Å²) in [4.78, 5) is 0. The Morgan fingerprint density at radius 1 is 0.667 bits per heavy atom. The first-order chi connectivity index (χ1) is 10.4. The van der Waals surface area contributed by atoms with Crippen molar-refractivity contribution in [1.82, 2.24) is 0 Å². The Labute approximate surface area is 126 Å². The van der Waals surface area contributed by atoms with Crippen molar-refractivity contribution >= 4 is 0 Å². The summed E-state index contributed by atoms with van der Waals surface area (Å²) < 4.78 is 28.1. The van der Waals surface area contributed by atoms with E-state index in [4.69, 9.17) is 23.7 Å². The number of hydrogen-bond donors (Lipinski definition) is 1. The topological polar surface area (TPSA) is 66.4 Å². The minimum Gasteiger partial charge on any atom is -0.396 e. The van der Waals surface area contributed by atoms with Crippen LogP contribution in [0.25, 0.3) is 0 Å². The van der Waals surface area contributed by atoms with E-state index in [1.165, 1.54) is 0 Å². The first-order valence-electron chi connectivity index (χ1n) is 7.97. The largest absolute Gasteiger partial charge is 0.396 e. The average molecular weight is 304 g/mol. The summed E-state index contributed by atoms with van der Waals surface area (Å²) in [5, 5.41) is 9.33. The maximum Gasteiger partial charge on any atom is 0.0841 e. The molecule has 1 heterocycles. The summed E-state index contributed by atoms with van der Waals surface area (Å²) in [6.07, 6.45) is 2.91. The molecule has 3 unspecified atom stereocenters. The van der Waals surface area contributed by atoms with Crippen molar-refractivity contribution in [2.45, 2.75) is 31.5 Å². The normalized spacial score (nSPS) is 34.4. The van der Waals surface area contributed by atoms with Crippen molar-refractivity contribution in [3.05, 3.63) is 0 Å². The highest BCUT2D eigenvalue weighted by atomic mass is 16.6. The standard InChI is InChI=1S/C15H28O6/c16-12-13-1-2-14-15(11-13)21-10-8-19-6-4-17-3-5-18-7-9-20-14/h13-16H,1-12H2. The first kappa shape index (κ1) is 17.1. The summed E-state index contributed by atoms with van der Waals surface area (Å²) in [5.74, 6) is 0.322. The van der Waals surface area contributed by atoms with E-state index in [0.29, 0.717) is 58.8 Å². The van der Waals surface area contributed by atoms with Crippen molar-refractivity contribution in [1.29, 1.82) is 0 Å². The lowest BCUT2D eigenvalue weighted by Gasteiger charge is -2.35. The highest BCUT2D eigenvalue weighted by molar-refractivity contribution is 4.81. The van der Waals surface area contributed by atoms with Gasteiger partial charge in [0, 0.05) is 6.61 Å². The molecule has 3 atom stereocenters. The number of aliphatic hydroxyl groups excluding tert-OH is 1. The van der Waals surface area contributed by atoms with Crippen molar-refractivity contribution in [2.24, 2.45) is 5.92 Å². The lowest BCUT2D eigenvalue weighted by molar-refractivity contribution is -0.120. The van der Waals surface area contributed by atoms with E-state index in [2.05, 4.69) is 0 Å². The Balaban J connectivity index is 1.80. The van der Waals surface area contributed by atoms with Crippen LogP contribution in [-0.2, 0) is 23.7 Å². The van der Waals surface area contributed by atoms with Crippen LogP contribution in [0, 0.1) is 5.92 Å². The van der Waals surface area contributed by atoms with Gasteiger partial charge in [-0.25, -0.2) is 0 Å². The molecule has 0 radical (unpaired) electrons. The first-order valence-corrected chi connectivity index (χ1v) is 7.97. The molecule has 6 heteroatoms. The zero-order valence-corrected chi connectivity index (χ0v) is 12.7. The summed E-state index contributed by atoms with van der Waals surface area (Å²) in [6.45, 7) is 4.82. The highest BCUT2D eigenvalue weighted by Gasteiger charge is 2.31. The lowest BCUT2D eigenvalue weighted by Crippen LogP contribution is -2.40. The SMILES string of the molecule is OCC1CCC2OCCOCCOCCOCCOC2C1. The van der Waals surface area contributed by atoms with Gasteiger partial charge in [0.05, 0.1) is 65.1 Å². The predicted octanol–water partition coefficient (Wildman–Crippen LogP) is 0.613. The molecular weight excluding hydrogens is 276 g/mol. The maximum absolute atomic E-state index is 9.33. The second-order valence-corrected chi connectivity index (χ2v) is 5.52. The van der Waals surface area contributed by atoms with Gasteiger partial charge in [0.1, 0.15) is 0 Å². The molecule has 0 aromatic carbocycles. The van der Waals surface area contributed by atoms with Crippen LogP contribution in [0.3, 0.4) is 0 Å². The van der Waals surface area contributed by atoms with Crippen LogP contribution in [0.15, 0.2) is 0 Å². The summed E-state index contributed by atoms with van der Waals surface area (Å²) in [7, 11) is 0. The minimum absolute atomic E-state index is 0.0425. The fourth-order valence-electron chi connectivity index (χ4n) is 2.77. The van der Waals surface area contributed by atoms with Crippen LogP contribution in [0.4, 0.5) is 0 Å². The van der Waals surface area contributed by atoms with Crippen LogP contribution >= 0.6 is 0 Å². The van der Waals surface area contributed by atoms with Gasteiger partial charge in [0.2, 0.25) is 0 Å². The number of fused-ring (bicyclic) bond motifs is 1. The van der Waals surface area contributed by atoms with Gasteiger partial charge >= 0.3 is 0 Å². The lowest BCUT2D eigenvalue weighted by atomic mass is 9.85. The van der Waals surface area contributed by atoms with E-state index >= 15 is 0 Å². The van der Waals surface area contributed by atoms with Gasteiger partial charge in [-0.05, 0) is 25.2 Å². The van der Waals surface area contributed by atoms with Gasteiger partial charge in [-0.1, -0.05) is 0 Å². The molecule has 2 aliphatic rings. The molecule has 1 aliphatic carbocycles. The van der Waals surface area contributed by atoms with Crippen LogP contribution in [0.2, 0.25) is 0 Å². The van der Waals surface area contributed by atoms with Gasteiger partial charge in [-0.3, -0.25) is 0 Å². The van der Waals surface area contributed by atoms with Crippen LogP contribution in [0.1, 0.15) is 19.3 Å². The highest BCUT2D eigenvalue weighted by Crippen LogP contribution is 2.28. The van der Waals surface area contributed by atoms with Crippen LogP contribution in [-0.4, -0.2) is 76.8 Å². The van der Waals surface area contributed by atoms with Gasteiger partial charge in [-0.2, -0.15) is 0 Å². The molecule has 0 aromatic rings. The summed E-state index contributed by atoms with van der Waals surface area (Å²) in [5.41, 5.74) is 0. The summed E-state index contributed by atoms with van der Waals surface area (Å²) in [6, 6.07) is 0. The molecule has 1 aliphatic heterocycles. The fraction of sp³-hybridized carbons (Fsp3) is 1.00. The van der Waals surface area contributed by atoms with E-state index in [9.17, 15) is 5.11 Å². The van der Waals surface area contributed by atoms with Gasteiger partial charge < -0.3 is 28.8 Å². The molecule has 0 amide bonds. The Hall–Kier alpha value is -0.240. The Bertz CT molecular complexity index is 263. The van der Waals surface area contributed by atoms with E-state index in [1.807, 2.05) is 0 Å². The summed E-state index contributed by atoms with van der Waals surface area (Å²) >= 11 is 0.